The van der Waals surface area contributed by atoms with Crippen LogP contribution >= 0.6 is 0 Å². The SMILES string of the molecule is [N-]=[N+]=N[C@H](C(=O)O)[C@H](O)c1ccc2c(c1)OCCO2. The molecule has 0 aromatic heterocycles. The second-order valence-corrected chi connectivity index (χ2v) is 3.84. The molecule has 0 bridgehead atoms. The van der Waals surface area contributed by atoms with Gasteiger partial charge in [0.25, 0.3) is 0 Å². The van der Waals surface area contributed by atoms with Gasteiger partial charge >= 0.3 is 5.97 Å². The van der Waals surface area contributed by atoms with E-state index >= 15 is 0 Å². The van der Waals surface area contributed by atoms with Gasteiger partial charge in [0.15, 0.2) is 17.5 Å². The Hall–Kier alpha value is -2.44. The van der Waals surface area contributed by atoms with Crippen LogP contribution in [0.15, 0.2) is 23.3 Å². The summed E-state index contributed by atoms with van der Waals surface area (Å²) in [4.78, 5) is 13.3. The van der Waals surface area contributed by atoms with Gasteiger partial charge in [-0.25, -0.2) is 0 Å². The topological polar surface area (TPSA) is 125 Å². The van der Waals surface area contributed by atoms with Crippen LogP contribution in [0.1, 0.15) is 11.7 Å². The van der Waals surface area contributed by atoms with E-state index < -0.39 is 18.1 Å². The van der Waals surface area contributed by atoms with Crippen LogP contribution in [0.4, 0.5) is 0 Å². The number of fused-ring (bicyclic) bond motifs is 1. The smallest absolute Gasteiger partial charge is 0.315 e. The lowest BCUT2D eigenvalue weighted by Gasteiger charge is -2.21. The maximum absolute atomic E-state index is 10.9. The molecule has 8 nitrogen and oxygen atoms in total. The molecule has 2 rings (SSSR count). The van der Waals surface area contributed by atoms with E-state index in [1.54, 1.807) is 6.07 Å². The molecule has 0 saturated heterocycles. The maximum atomic E-state index is 10.9. The monoisotopic (exact) mass is 265 g/mol. The quantitative estimate of drug-likeness (QED) is 0.481. The highest BCUT2D eigenvalue weighted by molar-refractivity contribution is 5.74. The number of ether oxygens (including phenoxy) is 2. The van der Waals surface area contributed by atoms with Gasteiger partial charge < -0.3 is 19.7 Å². The normalized spacial score (nSPS) is 16.1. The lowest BCUT2D eigenvalue weighted by atomic mass is 10.0. The van der Waals surface area contributed by atoms with Crippen molar-refractivity contribution in [1.82, 2.24) is 0 Å². The van der Waals surface area contributed by atoms with Crippen molar-refractivity contribution in [2.75, 3.05) is 13.2 Å². The molecule has 0 fully saturated rings. The van der Waals surface area contributed by atoms with Crippen LogP contribution in [0.2, 0.25) is 0 Å². The number of nitrogens with zero attached hydrogens (tertiary/aromatic N) is 3. The highest BCUT2D eigenvalue weighted by Gasteiger charge is 2.27. The van der Waals surface area contributed by atoms with Crippen molar-refractivity contribution < 1.29 is 24.5 Å². The molecule has 2 atom stereocenters. The fourth-order valence-electron chi connectivity index (χ4n) is 1.73. The summed E-state index contributed by atoms with van der Waals surface area (Å²) in [6.07, 6.45) is -1.45. The Morgan fingerprint density at radius 1 is 1.37 bits per heavy atom. The van der Waals surface area contributed by atoms with Gasteiger partial charge in [-0.2, -0.15) is 0 Å². The van der Waals surface area contributed by atoms with E-state index in [1.165, 1.54) is 12.1 Å². The Labute approximate surface area is 107 Å². The van der Waals surface area contributed by atoms with Gasteiger partial charge in [-0.3, -0.25) is 4.79 Å². The largest absolute Gasteiger partial charge is 0.486 e. The van der Waals surface area contributed by atoms with E-state index in [-0.39, 0.29) is 5.56 Å². The second-order valence-electron chi connectivity index (χ2n) is 3.84. The average Bonchev–Trinajstić information content (AvgIpc) is 2.43. The van der Waals surface area contributed by atoms with Gasteiger partial charge in [0.2, 0.25) is 0 Å². The van der Waals surface area contributed by atoms with Crippen molar-refractivity contribution in [2.24, 2.45) is 5.11 Å². The van der Waals surface area contributed by atoms with Crippen LogP contribution in [0.3, 0.4) is 0 Å². The molecule has 0 unspecified atom stereocenters. The first kappa shape index (κ1) is 13.0. The molecule has 1 aromatic rings. The Balaban J connectivity index is 2.30. The van der Waals surface area contributed by atoms with E-state index in [0.29, 0.717) is 24.7 Å². The fraction of sp³-hybridized carbons (Fsp3) is 0.364. The summed E-state index contributed by atoms with van der Waals surface area (Å²) in [7, 11) is 0. The van der Waals surface area contributed by atoms with Crippen LogP contribution in [-0.2, 0) is 4.79 Å². The van der Waals surface area contributed by atoms with E-state index in [9.17, 15) is 9.90 Å². The molecule has 1 aromatic carbocycles. The van der Waals surface area contributed by atoms with Crippen molar-refractivity contribution in [3.8, 4) is 11.5 Å². The maximum Gasteiger partial charge on any atom is 0.315 e. The molecule has 0 amide bonds. The van der Waals surface area contributed by atoms with Gasteiger partial charge in [-0.15, -0.1) is 0 Å². The van der Waals surface area contributed by atoms with Gasteiger partial charge in [0.05, 0.1) is 6.10 Å². The van der Waals surface area contributed by atoms with Crippen LogP contribution in [-0.4, -0.2) is 35.4 Å². The molecule has 0 radical (unpaired) electrons. The number of carboxylic acid groups (broad SMARTS) is 1. The van der Waals surface area contributed by atoms with Crippen LogP contribution < -0.4 is 9.47 Å². The van der Waals surface area contributed by atoms with Crippen molar-refractivity contribution in [3.63, 3.8) is 0 Å². The first-order valence-corrected chi connectivity index (χ1v) is 5.48. The summed E-state index contributed by atoms with van der Waals surface area (Å²) in [6, 6.07) is 2.96. The summed E-state index contributed by atoms with van der Waals surface area (Å²) in [5, 5.41) is 21.9. The molecule has 1 heterocycles. The predicted molar refractivity (Wildman–Crippen MR) is 63.0 cm³/mol. The van der Waals surface area contributed by atoms with E-state index in [2.05, 4.69) is 10.0 Å². The third-order valence-electron chi connectivity index (χ3n) is 2.64. The molecule has 100 valence electrons. The molecule has 19 heavy (non-hydrogen) atoms. The van der Waals surface area contributed by atoms with E-state index in [1.807, 2.05) is 0 Å². The molecule has 0 spiro atoms. The van der Waals surface area contributed by atoms with Crippen LogP contribution in [0, 0.1) is 0 Å². The molecule has 8 heteroatoms. The molecule has 1 aliphatic heterocycles. The van der Waals surface area contributed by atoms with Crippen LogP contribution in [0.25, 0.3) is 10.4 Å². The number of rotatable bonds is 4. The van der Waals surface area contributed by atoms with Crippen molar-refractivity contribution in [1.29, 1.82) is 0 Å². The first-order valence-electron chi connectivity index (χ1n) is 5.48. The zero-order chi connectivity index (χ0) is 13.8. The molecule has 0 aliphatic carbocycles. The molecular formula is C11H11N3O5. The number of carboxylic acids is 1. The fourth-order valence-corrected chi connectivity index (χ4v) is 1.73. The highest BCUT2D eigenvalue weighted by atomic mass is 16.6. The summed E-state index contributed by atoms with van der Waals surface area (Å²) < 4.78 is 10.6. The predicted octanol–water partition coefficient (Wildman–Crippen LogP) is 1.25. The highest BCUT2D eigenvalue weighted by Crippen LogP contribution is 2.33. The second kappa shape index (κ2) is 5.47. The molecule has 2 N–H and O–H groups in total. The minimum atomic E-state index is -1.59. The Kier molecular flexibility index (Phi) is 3.74. The minimum absolute atomic E-state index is 0.282. The standard InChI is InChI=1S/C11H11N3O5/c12-14-13-9(11(16)17)10(15)6-1-2-7-8(5-6)19-4-3-18-7/h1-2,5,9-10,15H,3-4H2,(H,16,17)/t9-,10+/m0/s1. The third-order valence-corrected chi connectivity index (χ3v) is 2.64. The zero-order valence-corrected chi connectivity index (χ0v) is 9.76. The number of hydrogen-bond acceptors (Lipinski definition) is 5. The number of azide groups is 1. The summed E-state index contributed by atoms with van der Waals surface area (Å²) >= 11 is 0. The first-order chi connectivity index (χ1) is 9.13. The van der Waals surface area contributed by atoms with Gasteiger partial charge in [-0.1, -0.05) is 11.2 Å². The van der Waals surface area contributed by atoms with E-state index in [0.717, 1.165) is 0 Å². The van der Waals surface area contributed by atoms with Crippen LogP contribution in [0.5, 0.6) is 11.5 Å². The van der Waals surface area contributed by atoms with Gasteiger partial charge in [0.1, 0.15) is 13.2 Å². The Morgan fingerprint density at radius 2 is 2.05 bits per heavy atom. The number of benzene rings is 1. The van der Waals surface area contributed by atoms with Gasteiger partial charge in [-0.05, 0) is 23.2 Å². The van der Waals surface area contributed by atoms with Crippen molar-refractivity contribution in [2.45, 2.75) is 12.1 Å². The average molecular weight is 265 g/mol. The minimum Gasteiger partial charge on any atom is -0.486 e. The number of carbonyl (C=O) groups is 1. The van der Waals surface area contributed by atoms with Crippen molar-refractivity contribution in [3.05, 3.63) is 34.2 Å². The van der Waals surface area contributed by atoms with Gasteiger partial charge in [0, 0.05) is 4.91 Å². The summed E-state index contributed by atoms with van der Waals surface area (Å²) in [5.41, 5.74) is 8.59. The summed E-state index contributed by atoms with van der Waals surface area (Å²) in [6.45, 7) is 0.816. The number of hydrogen-bond donors (Lipinski definition) is 2. The molecule has 1 aliphatic rings. The van der Waals surface area contributed by atoms with E-state index in [4.69, 9.17) is 20.1 Å². The lowest BCUT2D eigenvalue weighted by molar-refractivity contribution is -0.141. The summed E-state index contributed by atoms with van der Waals surface area (Å²) in [5.74, 6) is -0.453. The molecular weight excluding hydrogens is 254 g/mol. The number of aliphatic hydroxyl groups is 1. The zero-order valence-electron chi connectivity index (χ0n) is 9.76. The Bertz CT molecular complexity index is 539. The molecule has 0 saturated carbocycles. The lowest BCUT2D eigenvalue weighted by Crippen LogP contribution is -2.25. The number of aliphatic hydroxyl groups excluding tert-OH is 1. The number of aliphatic carboxylic acids is 1. The Morgan fingerprint density at radius 3 is 2.68 bits per heavy atom. The third kappa shape index (κ3) is 2.70. The van der Waals surface area contributed by atoms with Crippen molar-refractivity contribution >= 4 is 5.97 Å².